The summed E-state index contributed by atoms with van der Waals surface area (Å²) in [5.41, 5.74) is -1.23. The SMILES string of the molecule is C=C(C)C(=O)NCCN(C(=N)NC(=O)OC(C)(C)C)C(=O)OC(C)(C)C. The topological polar surface area (TPSA) is 121 Å². The zero-order valence-electron chi connectivity index (χ0n) is 16.6. The van der Waals surface area contributed by atoms with Crippen LogP contribution in [0.15, 0.2) is 12.2 Å². The summed E-state index contributed by atoms with van der Waals surface area (Å²) < 4.78 is 10.3. The molecule has 0 aromatic carbocycles. The molecule has 0 atom stereocenters. The molecule has 9 heteroatoms. The minimum absolute atomic E-state index is 0.0450. The third-order valence-corrected chi connectivity index (χ3v) is 2.51. The maximum Gasteiger partial charge on any atom is 0.417 e. The third-order valence-electron chi connectivity index (χ3n) is 2.51. The van der Waals surface area contributed by atoms with E-state index < -0.39 is 29.3 Å². The molecule has 26 heavy (non-hydrogen) atoms. The van der Waals surface area contributed by atoms with E-state index in [1.807, 2.05) is 0 Å². The quantitative estimate of drug-likeness (QED) is 0.398. The Kier molecular flexibility index (Phi) is 8.30. The van der Waals surface area contributed by atoms with Crippen LogP contribution < -0.4 is 10.6 Å². The Hall–Kier alpha value is -2.58. The molecule has 148 valence electrons. The molecule has 0 aliphatic heterocycles. The van der Waals surface area contributed by atoms with E-state index in [9.17, 15) is 14.4 Å². The van der Waals surface area contributed by atoms with Crippen LogP contribution in [-0.2, 0) is 14.3 Å². The van der Waals surface area contributed by atoms with Crippen LogP contribution in [0, 0.1) is 5.41 Å². The fraction of sp³-hybridized carbons (Fsp3) is 0.647. The molecule has 0 saturated carbocycles. The van der Waals surface area contributed by atoms with Crippen LogP contribution >= 0.6 is 0 Å². The van der Waals surface area contributed by atoms with Gasteiger partial charge in [-0.1, -0.05) is 6.58 Å². The number of guanidine groups is 1. The van der Waals surface area contributed by atoms with E-state index in [0.29, 0.717) is 5.57 Å². The van der Waals surface area contributed by atoms with Crippen molar-refractivity contribution >= 4 is 24.1 Å². The number of carbonyl (C=O) groups is 3. The number of rotatable bonds is 4. The van der Waals surface area contributed by atoms with Gasteiger partial charge in [0.2, 0.25) is 11.9 Å². The molecular weight excluding hydrogens is 340 g/mol. The molecule has 9 nitrogen and oxygen atoms in total. The maximum atomic E-state index is 12.3. The van der Waals surface area contributed by atoms with E-state index >= 15 is 0 Å². The summed E-state index contributed by atoms with van der Waals surface area (Å²) in [5.74, 6) is -0.890. The number of amides is 3. The number of nitrogens with zero attached hydrogens (tertiary/aromatic N) is 1. The number of alkyl carbamates (subject to hydrolysis) is 1. The van der Waals surface area contributed by atoms with Gasteiger partial charge >= 0.3 is 12.2 Å². The van der Waals surface area contributed by atoms with Crippen LogP contribution in [0.5, 0.6) is 0 Å². The van der Waals surface area contributed by atoms with Crippen molar-refractivity contribution in [2.75, 3.05) is 13.1 Å². The lowest BCUT2D eigenvalue weighted by Gasteiger charge is -2.28. The Morgan fingerprint density at radius 3 is 1.96 bits per heavy atom. The first-order chi connectivity index (χ1) is 11.6. The van der Waals surface area contributed by atoms with E-state index in [2.05, 4.69) is 17.2 Å². The van der Waals surface area contributed by atoms with E-state index in [4.69, 9.17) is 14.9 Å². The lowest BCUT2D eigenvalue weighted by Crippen LogP contribution is -2.51. The Morgan fingerprint density at radius 1 is 1.04 bits per heavy atom. The van der Waals surface area contributed by atoms with Crippen molar-refractivity contribution in [3.8, 4) is 0 Å². The van der Waals surface area contributed by atoms with Gasteiger partial charge in [-0.05, 0) is 48.5 Å². The Morgan fingerprint density at radius 2 is 1.54 bits per heavy atom. The largest absolute Gasteiger partial charge is 0.444 e. The summed E-state index contributed by atoms with van der Waals surface area (Å²) in [4.78, 5) is 36.6. The highest BCUT2D eigenvalue weighted by Crippen LogP contribution is 2.10. The molecule has 0 unspecified atom stereocenters. The smallest absolute Gasteiger partial charge is 0.417 e. The molecule has 0 saturated heterocycles. The first-order valence-corrected chi connectivity index (χ1v) is 8.15. The van der Waals surface area contributed by atoms with Crippen LogP contribution in [0.4, 0.5) is 9.59 Å². The molecular formula is C17H30N4O5. The van der Waals surface area contributed by atoms with Gasteiger partial charge in [0.25, 0.3) is 0 Å². The van der Waals surface area contributed by atoms with E-state index in [1.54, 1.807) is 48.5 Å². The third kappa shape index (κ3) is 10.3. The summed E-state index contributed by atoms with van der Waals surface area (Å²) in [6, 6.07) is 0. The van der Waals surface area contributed by atoms with Gasteiger partial charge in [-0.3, -0.25) is 15.5 Å². The number of ether oxygens (including phenoxy) is 2. The summed E-state index contributed by atoms with van der Waals surface area (Å²) in [6.07, 6.45) is -1.70. The molecule has 0 aliphatic rings. The molecule has 0 fully saturated rings. The zero-order chi connectivity index (χ0) is 20.7. The molecule has 0 bridgehead atoms. The lowest BCUT2D eigenvalue weighted by atomic mass is 10.2. The van der Waals surface area contributed by atoms with Gasteiger partial charge in [0.15, 0.2) is 0 Å². The Labute approximate surface area is 154 Å². The molecule has 0 aromatic rings. The average Bonchev–Trinajstić information content (AvgIpc) is 2.38. The summed E-state index contributed by atoms with van der Waals surface area (Å²) in [6.45, 7) is 15.1. The first-order valence-electron chi connectivity index (χ1n) is 8.15. The highest BCUT2D eigenvalue weighted by atomic mass is 16.6. The van der Waals surface area contributed by atoms with E-state index in [0.717, 1.165) is 4.90 Å². The number of hydrogen-bond donors (Lipinski definition) is 3. The van der Waals surface area contributed by atoms with Crippen molar-refractivity contribution in [2.24, 2.45) is 0 Å². The molecule has 0 heterocycles. The van der Waals surface area contributed by atoms with Gasteiger partial charge in [-0.25, -0.2) is 14.5 Å². The fourth-order valence-corrected chi connectivity index (χ4v) is 1.51. The highest BCUT2D eigenvalue weighted by Gasteiger charge is 2.27. The summed E-state index contributed by atoms with van der Waals surface area (Å²) in [7, 11) is 0. The zero-order valence-corrected chi connectivity index (χ0v) is 16.6. The molecule has 0 radical (unpaired) electrons. The van der Waals surface area contributed by atoms with Crippen LogP contribution in [0.3, 0.4) is 0 Å². The van der Waals surface area contributed by atoms with Crippen molar-refractivity contribution in [1.29, 1.82) is 5.41 Å². The Bertz CT molecular complexity index is 573. The van der Waals surface area contributed by atoms with Crippen molar-refractivity contribution < 1.29 is 23.9 Å². The molecule has 0 aliphatic carbocycles. The lowest BCUT2D eigenvalue weighted by molar-refractivity contribution is -0.117. The maximum absolute atomic E-state index is 12.3. The van der Waals surface area contributed by atoms with Gasteiger partial charge in [0.1, 0.15) is 11.2 Å². The van der Waals surface area contributed by atoms with Crippen molar-refractivity contribution in [3.63, 3.8) is 0 Å². The predicted molar refractivity (Wildman–Crippen MR) is 97.9 cm³/mol. The standard InChI is InChI=1S/C17H30N4O5/c1-11(2)12(22)19-9-10-21(15(24)26-17(6,7)8)13(18)20-14(23)25-16(3,4)5/h1,9-10H2,2-8H3,(H,19,22)(H2,18,20,23). The van der Waals surface area contributed by atoms with Gasteiger partial charge in [0.05, 0.1) is 0 Å². The first kappa shape index (κ1) is 23.4. The van der Waals surface area contributed by atoms with E-state index in [1.165, 1.54) is 0 Å². The molecule has 0 spiro atoms. The molecule has 0 aromatic heterocycles. The minimum Gasteiger partial charge on any atom is -0.444 e. The van der Waals surface area contributed by atoms with Crippen molar-refractivity contribution in [2.45, 2.75) is 59.7 Å². The van der Waals surface area contributed by atoms with E-state index in [-0.39, 0.29) is 19.0 Å². The van der Waals surface area contributed by atoms with Gasteiger partial charge < -0.3 is 14.8 Å². The van der Waals surface area contributed by atoms with Gasteiger partial charge in [0, 0.05) is 18.7 Å². The number of hydrogen-bond acceptors (Lipinski definition) is 6. The molecule has 3 amide bonds. The monoisotopic (exact) mass is 370 g/mol. The minimum atomic E-state index is -0.873. The van der Waals surface area contributed by atoms with Gasteiger partial charge in [-0.2, -0.15) is 0 Å². The number of carbonyl (C=O) groups excluding carboxylic acids is 3. The predicted octanol–water partition coefficient (Wildman–Crippen LogP) is 2.38. The van der Waals surface area contributed by atoms with Crippen LogP contribution in [-0.4, -0.2) is 53.2 Å². The Balaban J connectivity index is 5.03. The van der Waals surface area contributed by atoms with Crippen molar-refractivity contribution in [1.82, 2.24) is 15.5 Å². The number of nitrogens with one attached hydrogen (secondary N) is 3. The van der Waals surface area contributed by atoms with Crippen LogP contribution in [0.2, 0.25) is 0 Å². The fourth-order valence-electron chi connectivity index (χ4n) is 1.51. The second-order valence-corrected chi connectivity index (χ2v) is 7.64. The van der Waals surface area contributed by atoms with Crippen LogP contribution in [0.1, 0.15) is 48.5 Å². The normalized spacial score (nSPS) is 11.2. The molecule has 3 N–H and O–H groups in total. The highest BCUT2D eigenvalue weighted by molar-refractivity contribution is 6.00. The summed E-state index contributed by atoms with van der Waals surface area (Å²) >= 11 is 0. The molecule has 0 rings (SSSR count). The second-order valence-electron chi connectivity index (χ2n) is 7.64. The van der Waals surface area contributed by atoms with Gasteiger partial charge in [-0.15, -0.1) is 0 Å². The summed E-state index contributed by atoms with van der Waals surface area (Å²) in [5, 5.41) is 12.7. The van der Waals surface area contributed by atoms with Crippen molar-refractivity contribution in [3.05, 3.63) is 12.2 Å². The average molecular weight is 370 g/mol. The van der Waals surface area contributed by atoms with Crippen LogP contribution in [0.25, 0.3) is 0 Å². The second kappa shape index (κ2) is 9.21.